The van der Waals surface area contributed by atoms with Gasteiger partial charge in [0.1, 0.15) is 0 Å². The predicted octanol–water partition coefficient (Wildman–Crippen LogP) is 0.847. The summed E-state index contributed by atoms with van der Waals surface area (Å²) in [5, 5.41) is 8.41. The second-order valence-electron chi connectivity index (χ2n) is 2.62. The lowest BCUT2D eigenvalue weighted by molar-refractivity contribution is -0.132. The van der Waals surface area contributed by atoms with E-state index in [0.29, 0.717) is 6.42 Å². The van der Waals surface area contributed by atoms with Crippen molar-refractivity contribution < 1.29 is 22.9 Å². The van der Waals surface area contributed by atoms with Gasteiger partial charge in [0.2, 0.25) is 0 Å². The van der Waals surface area contributed by atoms with Gasteiger partial charge >= 0.3 is 5.97 Å². The van der Waals surface area contributed by atoms with Gasteiger partial charge in [0, 0.05) is 5.57 Å². The van der Waals surface area contributed by atoms with Crippen molar-refractivity contribution in [2.24, 2.45) is 0 Å². The van der Waals surface area contributed by atoms with Crippen LogP contribution in [-0.2, 0) is 14.9 Å². The van der Waals surface area contributed by atoms with Crippen molar-refractivity contribution in [2.45, 2.75) is 19.8 Å². The van der Waals surface area contributed by atoms with E-state index in [1.54, 1.807) is 0 Å². The molecule has 0 saturated heterocycles. The number of carbonyl (C=O) groups is 1. The average molecular weight is 225 g/mol. The summed E-state index contributed by atoms with van der Waals surface area (Å²) in [6, 6.07) is 0. The Morgan fingerprint density at radius 3 is 2.29 bits per heavy atom. The van der Waals surface area contributed by atoms with Gasteiger partial charge in [0.05, 0.1) is 5.75 Å². The van der Waals surface area contributed by atoms with Crippen LogP contribution < -0.4 is 6.15 Å². The van der Waals surface area contributed by atoms with Crippen molar-refractivity contribution in [3.05, 3.63) is 11.6 Å². The van der Waals surface area contributed by atoms with Gasteiger partial charge in [-0.2, -0.15) is 8.42 Å². The second-order valence-corrected chi connectivity index (χ2v) is 4.19. The second kappa shape index (κ2) is 6.52. The third kappa shape index (κ3) is 9.17. The number of aliphatic carboxylic acids is 1. The van der Waals surface area contributed by atoms with Crippen molar-refractivity contribution in [3.63, 3.8) is 0 Å². The van der Waals surface area contributed by atoms with Crippen LogP contribution in [0.5, 0.6) is 0 Å². The maximum Gasteiger partial charge on any atom is 0.330 e. The lowest BCUT2D eigenvalue weighted by atomic mass is 10.2. The van der Waals surface area contributed by atoms with Crippen LogP contribution in [0.4, 0.5) is 0 Å². The van der Waals surface area contributed by atoms with E-state index < -0.39 is 16.1 Å². The number of unbranched alkanes of at least 4 members (excludes halogenated alkanes) is 1. The molecule has 0 atom stereocenters. The molecule has 7 heteroatoms. The number of allylic oxidation sites excluding steroid dienone is 1. The van der Waals surface area contributed by atoms with Crippen LogP contribution in [0.2, 0.25) is 0 Å². The first-order valence-corrected chi connectivity index (χ1v) is 5.29. The van der Waals surface area contributed by atoms with E-state index in [1.807, 2.05) is 0 Å². The Hall–Kier alpha value is -0.920. The van der Waals surface area contributed by atoms with Crippen LogP contribution in [0.3, 0.4) is 0 Å². The van der Waals surface area contributed by atoms with Crippen molar-refractivity contribution in [3.8, 4) is 0 Å². The minimum Gasteiger partial charge on any atom is -0.478 e. The Bertz CT molecular complexity index is 306. The van der Waals surface area contributed by atoms with Gasteiger partial charge in [-0.15, -0.1) is 0 Å². The van der Waals surface area contributed by atoms with Crippen molar-refractivity contribution in [1.82, 2.24) is 6.15 Å². The number of hydrogen-bond donors (Lipinski definition) is 3. The number of rotatable bonds is 5. The average Bonchev–Trinajstić information content (AvgIpc) is 1.95. The maximum absolute atomic E-state index is 10.3. The molecule has 0 heterocycles. The summed E-state index contributed by atoms with van der Waals surface area (Å²) >= 11 is 0. The molecule has 0 aromatic rings. The van der Waals surface area contributed by atoms with Gasteiger partial charge in [-0.3, -0.25) is 4.55 Å². The molecule has 0 bridgehead atoms. The Morgan fingerprint density at radius 1 is 1.43 bits per heavy atom. The van der Waals surface area contributed by atoms with Crippen LogP contribution in [0, 0.1) is 0 Å². The third-order valence-electron chi connectivity index (χ3n) is 1.39. The first-order chi connectivity index (χ1) is 5.83. The van der Waals surface area contributed by atoms with Crippen LogP contribution >= 0.6 is 0 Å². The fraction of sp³-hybridized carbons (Fsp3) is 0.571. The molecule has 6 nitrogen and oxygen atoms in total. The number of hydrogen-bond acceptors (Lipinski definition) is 4. The van der Waals surface area contributed by atoms with Gasteiger partial charge in [0.25, 0.3) is 10.1 Å². The molecule has 0 aliphatic heterocycles. The van der Waals surface area contributed by atoms with Gasteiger partial charge < -0.3 is 11.3 Å². The highest BCUT2D eigenvalue weighted by Gasteiger charge is 2.03. The lowest BCUT2D eigenvalue weighted by Gasteiger charge is -1.94. The predicted molar refractivity (Wildman–Crippen MR) is 52.1 cm³/mol. The highest BCUT2D eigenvalue weighted by Crippen LogP contribution is 2.00. The van der Waals surface area contributed by atoms with Crippen molar-refractivity contribution >= 4 is 16.1 Å². The Labute approximate surface area is 83.0 Å². The molecular formula is C7H15NO5S. The summed E-state index contributed by atoms with van der Waals surface area (Å²) in [6.07, 6.45) is 1.98. The van der Waals surface area contributed by atoms with E-state index in [4.69, 9.17) is 9.66 Å². The fourth-order valence-electron chi connectivity index (χ4n) is 0.672. The summed E-state index contributed by atoms with van der Waals surface area (Å²) in [7, 11) is -3.92. The van der Waals surface area contributed by atoms with E-state index >= 15 is 0 Å². The Morgan fingerprint density at radius 2 is 1.93 bits per heavy atom. The molecular weight excluding hydrogens is 210 g/mol. The standard InChI is InChI=1S/C7H12O5S.H3N/c1-6(7(8)9)4-2-3-5-13(10,11)12;/h4H,2-3,5H2,1H3,(H,8,9)(H,10,11,12);1H3. The van der Waals surface area contributed by atoms with Gasteiger partial charge in [-0.05, 0) is 19.8 Å². The SMILES string of the molecule is CC(=CCCCS(=O)(=O)O)C(=O)O.N. The quantitative estimate of drug-likeness (QED) is 0.361. The van der Waals surface area contributed by atoms with Gasteiger partial charge in [0.15, 0.2) is 0 Å². The minimum absolute atomic E-state index is 0. The van der Waals surface area contributed by atoms with E-state index in [9.17, 15) is 13.2 Å². The van der Waals surface area contributed by atoms with Gasteiger partial charge in [-0.25, -0.2) is 4.79 Å². The minimum atomic E-state index is -3.92. The normalized spacial score (nSPS) is 12.0. The van der Waals surface area contributed by atoms with E-state index in [2.05, 4.69) is 0 Å². The highest BCUT2D eigenvalue weighted by molar-refractivity contribution is 7.85. The monoisotopic (exact) mass is 225 g/mol. The summed E-state index contributed by atoms with van der Waals surface area (Å²) in [5.41, 5.74) is 0.176. The molecule has 0 saturated carbocycles. The van der Waals surface area contributed by atoms with Crippen LogP contribution in [0.1, 0.15) is 19.8 Å². The lowest BCUT2D eigenvalue weighted by Crippen LogP contribution is -2.03. The Balaban J connectivity index is 0. The van der Waals surface area contributed by atoms with E-state index in [0.717, 1.165) is 0 Å². The van der Waals surface area contributed by atoms with E-state index in [-0.39, 0.29) is 23.9 Å². The molecule has 0 aliphatic rings. The molecule has 0 rings (SSSR count). The molecule has 14 heavy (non-hydrogen) atoms. The topological polar surface area (TPSA) is 127 Å². The molecule has 0 fully saturated rings. The molecule has 0 spiro atoms. The summed E-state index contributed by atoms with van der Waals surface area (Å²) < 4.78 is 28.8. The molecule has 0 amide bonds. The zero-order valence-corrected chi connectivity index (χ0v) is 8.75. The molecule has 84 valence electrons. The fourth-order valence-corrected chi connectivity index (χ4v) is 1.20. The number of carboxylic acid groups (broad SMARTS) is 1. The highest BCUT2D eigenvalue weighted by atomic mass is 32.2. The van der Waals surface area contributed by atoms with E-state index in [1.165, 1.54) is 13.0 Å². The first kappa shape index (κ1) is 15.5. The third-order valence-corrected chi connectivity index (χ3v) is 2.20. The zero-order chi connectivity index (χ0) is 10.5. The maximum atomic E-state index is 10.3. The van der Waals surface area contributed by atoms with Crippen molar-refractivity contribution in [2.75, 3.05) is 5.75 Å². The van der Waals surface area contributed by atoms with Crippen LogP contribution in [0.25, 0.3) is 0 Å². The summed E-state index contributed by atoms with van der Waals surface area (Å²) in [5.74, 6) is -1.36. The molecule has 0 aliphatic carbocycles. The molecule has 0 aromatic carbocycles. The zero-order valence-electron chi connectivity index (χ0n) is 7.93. The van der Waals surface area contributed by atoms with Gasteiger partial charge in [-0.1, -0.05) is 6.08 Å². The smallest absolute Gasteiger partial charge is 0.330 e. The largest absolute Gasteiger partial charge is 0.478 e. The number of carboxylic acids is 1. The summed E-state index contributed by atoms with van der Waals surface area (Å²) in [4.78, 5) is 10.3. The molecule has 0 unspecified atom stereocenters. The van der Waals surface area contributed by atoms with Crippen LogP contribution in [-0.4, -0.2) is 29.8 Å². The van der Waals surface area contributed by atoms with Crippen LogP contribution in [0.15, 0.2) is 11.6 Å². The Kier molecular flexibility index (Phi) is 7.24. The molecule has 0 aromatic heterocycles. The molecule has 0 radical (unpaired) electrons. The first-order valence-electron chi connectivity index (χ1n) is 3.68. The summed E-state index contributed by atoms with van der Waals surface area (Å²) in [6.45, 7) is 1.43. The molecule has 5 N–H and O–H groups in total. The van der Waals surface area contributed by atoms with Crippen molar-refractivity contribution in [1.29, 1.82) is 0 Å².